The summed E-state index contributed by atoms with van der Waals surface area (Å²) in [6.07, 6.45) is 2.91. The maximum atomic E-state index is 14.6. The van der Waals surface area contributed by atoms with Crippen molar-refractivity contribution < 1.29 is 9.50 Å². The number of aromatic nitrogens is 1. The van der Waals surface area contributed by atoms with Crippen molar-refractivity contribution in [1.82, 2.24) is 9.88 Å². The van der Waals surface area contributed by atoms with Gasteiger partial charge in [-0.2, -0.15) is 0 Å². The molecular formula is C20H28FIN6OS. The summed E-state index contributed by atoms with van der Waals surface area (Å²) in [6, 6.07) is 5.25. The third-order valence-electron chi connectivity index (χ3n) is 5.53. The number of guanidine groups is 1. The van der Waals surface area contributed by atoms with Crippen LogP contribution in [0.25, 0.3) is 0 Å². The van der Waals surface area contributed by atoms with Gasteiger partial charge in [-0.25, -0.2) is 14.4 Å². The number of piperazine rings is 1. The van der Waals surface area contributed by atoms with Crippen molar-refractivity contribution in [1.29, 1.82) is 0 Å². The van der Waals surface area contributed by atoms with E-state index in [4.69, 9.17) is 5.73 Å². The van der Waals surface area contributed by atoms with Gasteiger partial charge in [-0.3, -0.25) is 0 Å². The van der Waals surface area contributed by atoms with Gasteiger partial charge in [-0.05, 0) is 30.5 Å². The summed E-state index contributed by atoms with van der Waals surface area (Å²) in [5.41, 5.74) is 7.57. The van der Waals surface area contributed by atoms with Gasteiger partial charge < -0.3 is 25.5 Å². The van der Waals surface area contributed by atoms with E-state index in [1.807, 2.05) is 22.5 Å². The Kier molecular flexibility index (Phi) is 8.12. The first-order chi connectivity index (χ1) is 14.1. The minimum absolute atomic E-state index is 0. The standard InChI is InChI=1S/C20H27FN6OS.HI/c21-17-13-15(1-2-18(17)25-6-3-16(28)4-7-25)14-24-19(22)26-8-10-27(11-9-26)20-23-5-12-29-20;/h1-2,5,12-13,16,28H,3-4,6-11,14H2,(H2,22,24);1H. The Labute approximate surface area is 197 Å². The van der Waals surface area contributed by atoms with Crippen LogP contribution in [0.15, 0.2) is 34.8 Å². The molecule has 0 amide bonds. The van der Waals surface area contributed by atoms with Crippen LogP contribution in [-0.4, -0.2) is 66.3 Å². The van der Waals surface area contributed by atoms with Gasteiger partial charge in [0, 0.05) is 50.8 Å². The van der Waals surface area contributed by atoms with Gasteiger partial charge >= 0.3 is 0 Å². The Bertz CT molecular complexity index is 836. The second-order valence-corrected chi connectivity index (χ2v) is 8.34. The number of rotatable bonds is 4. The van der Waals surface area contributed by atoms with Crippen molar-refractivity contribution in [2.75, 3.05) is 49.1 Å². The highest BCUT2D eigenvalue weighted by Crippen LogP contribution is 2.24. The lowest BCUT2D eigenvalue weighted by Gasteiger charge is -2.35. The van der Waals surface area contributed by atoms with Crippen molar-refractivity contribution in [3.8, 4) is 0 Å². The molecule has 0 spiro atoms. The molecule has 0 bridgehead atoms. The van der Waals surface area contributed by atoms with Crippen LogP contribution in [0.1, 0.15) is 18.4 Å². The first kappa shape index (κ1) is 23.0. The number of anilines is 2. The maximum absolute atomic E-state index is 14.6. The van der Waals surface area contributed by atoms with E-state index in [9.17, 15) is 9.50 Å². The molecule has 164 valence electrons. The molecule has 0 unspecified atom stereocenters. The van der Waals surface area contributed by atoms with E-state index in [1.165, 1.54) is 6.07 Å². The highest BCUT2D eigenvalue weighted by atomic mass is 127. The molecule has 1 aromatic carbocycles. The number of hydrogen-bond acceptors (Lipinski definition) is 6. The lowest BCUT2D eigenvalue weighted by molar-refractivity contribution is 0.145. The Morgan fingerprint density at radius 3 is 2.53 bits per heavy atom. The molecule has 2 aromatic rings. The fourth-order valence-corrected chi connectivity index (χ4v) is 4.48. The number of halogens is 2. The Morgan fingerprint density at radius 2 is 1.90 bits per heavy atom. The highest BCUT2D eigenvalue weighted by Gasteiger charge is 2.21. The second-order valence-electron chi connectivity index (χ2n) is 7.47. The van der Waals surface area contributed by atoms with Gasteiger partial charge in [0.25, 0.3) is 0 Å². The van der Waals surface area contributed by atoms with Crippen molar-refractivity contribution >= 4 is 52.1 Å². The number of thiazole rings is 1. The molecule has 2 aliphatic rings. The van der Waals surface area contributed by atoms with E-state index in [1.54, 1.807) is 17.4 Å². The van der Waals surface area contributed by atoms with Crippen LogP contribution in [0.2, 0.25) is 0 Å². The Morgan fingerprint density at radius 1 is 1.17 bits per heavy atom. The number of aliphatic hydroxyl groups is 1. The number of nitrogens with two attached hydrogens (primary N) is 1. The van der Waals surface area contributed by atoms with E-state index in [-0.39, 0.29) is 35.9 Å². The van der Waals surface area contributed by atoms with E-state index >= 15 is 0 Å². The Hall–Kier alpha value is -1.66. The third-order valence-corrected chi connectivity index (χ3v) is 6.37. The molecule has 3 N–H and O–H groups in total. The van der Waals surface area contributed by atoms with Crippen molar-refractivity contribution in [3.63, 3.8) is 0 Å². The van der Waals surface area contributed by atoms with Crippen molar-refractivity contribution in [2.24, 2.45) is 10.7 Å². The zero-order valence-electron chi connectivity index (χ0n) is 16.8. The number of hydrogen-bond donors (Lipinski definition) is 2. The van der Waals surface area contributed by atoms with Gasteiger partial charge in [-0.15, -0.1) is 35.3 Å². The van der Waals surface area contributed by atoms with Crippen LogP contribution in [0, 0.1) is 5.82 Å². The average Bonchev–Trinajstić information content (AvgIpc) is 3.28. The molecule has 0 radical (unpaired) electrons. The molecule has 7 nitrogen and oxygen atoms in total. The minimum atomic E-state index is -0.269. The molecule has 2 aliphatic heterocycles. The van der Waals surface area contributed by atoms with E-state index in [0.29, 0.717) is 44.1 Å². The van der Waals surface area contributed by atoms with Crippen LogP contribution >= 0.6 is 35.3 Å². The predicted octanol–water partition coefficient (Wildman–Crippen LogP) is 2.50. The average molecular weight is 546 g/mol. The van der Waals surface area contributed by atoms with Crippen LogP contribution in [0.3, 0.4) is 0 Å². The molecule has 30 heavy (non-hydrogen) atoms. The molecule has 0 atom stereocenters. The molecule has 0 aliphatic carbocycles. The summed E-state index contributed by atoms with van der Waals surface area (Å²) >= 11 is 1.64. The van der Waals surface area contributed by atoms with Gasteiger partial charge in [0.2, 0.25) is 0 Å². The van der Waals surface area contributed by atoms with Crippen LogP contribution in [0.5, 0.6) is 0 Å². The first-order valence-corrected chi connectivity index (χ1v) is 10.9. The molecule has 1 aromatic heterocycles. The van der Waals surface area contributed by atoms with Crippen LogP contribution < -0.4 is 15.5 Å². The molecule has 0 saturated carbocycles. The number of nitrogens with zero attached hydrogens (tertiary/aromatic N) is 5. The quantitative estimate of drug-likeness (QED) is 0.349. The van der Waals surface area contributed by atoms with E-state index in [0.717, 1.165) is 36.9 Å². The first-order valence-electron chi connectivity index (χ1n) is 10.0. The number of piperidine rings is 1. The summed E-state index contributed by atoms with van der Waals surface area (Å²) in [7, 11) is 0. The maximum Gasteiger partial charge on any atom is 0.191 e. The summed E-state index contributed by atoms with van der Waals surface area (Å²) < 4.78 is 14.6. The normalized spacial score (nSPS) is 18.5. The summed E-state index contributed by atoms with van der Waals surface area (Å²) in [5, 5.41) is 12.6. The summed E-state index contributed by atoms with van der Waals surface area (Å²) in [6.45, 7) is 5.01. The lowest BCUT2D eigenvalue weighted by atomic mass is 10.1. The van der Waals surface area contributed by atoms with Gasteiger partial charge in [0.15, 0.2) is 11.1 Å². The summed E-state index contributed by atoms with van der Waals surface area (Å²) in [4.78, 5) is 15.1. The van der Waals surface area contributed by atoms with Crippen LogP contribution in [-0.2, 0) is 6.54 Å². The van der Waals surface area contributed by atoms with Crippen molar-refractivity contribution in [3.05, 3.63) is 41.2 Å². The lowest BCUT2D eigenvalue weighted by Crippen LogP contribution is -2.51. The topological polar surface area (TPSA) is 81.2 Å². The SMILES string of the molecule is I.NC(=NCc1ccc(N2CCC(O)CC2)c(F)c1)N1CCN(c2nccs2)CC1. The molecular weight excluding hydrogens is 518 g/mol. The monoisotopic (exact) mass is 546 g/mol. The summed E-state index contributed by atoms with van der Waals surface area (Å²) in [5.74, 6) is 0.253. The number of benzene rings is 1. The molecule has 10 heteroatoms. The molecule has 2 fully saturated rings. The molecule has 4 rings (SSSR count). The molecule has 3 heterocycles. The molecule has 2 saturated heterocycles. The third kappa shape index (κ3) is 5.52. The largest absolute Gasteiger partial charge is 0.393 e. The van der Waals surface area contributed by atoms with Gasteiger partial charge in [0.05, 0.1) is 18.3 Å². The fourth-order valence-electron chi connectivity index (χ4n) is 3.78. The number of aliphatic imine (C=N–C) groups is 1. The number of aliphatic hydroxyl groups excluding tert-OH is 1. The zero-order chi connectivity index (χ0) is 20.2. The highest BCUT2D eigenvalue weighted by molar-refractivity contribution is 14.0. The van der Waals surface area contributed by atoms with E-state index < -0.39 is 0 Å². The van der Waals surface area contributed by atoms with Gasteiger partial charge in [0.1, 0.15) is 5.82 Å². The Balaban J connectivity index is 0.00000256. The van der Waals surface area contributed by atoms with Gasteiger partial charge in [-0.1, -0.05) is 6.07 Å². The van der Waals surface area contributed by atoms with Crippen molar-refractivity contribution in [2.45, 2.75) is 25.5 Å². The predicted molar refractivity (Wildman–Crippen MR) is 130 cm³/mol. The zero-order valence-corrected chi connectivity index (χ0v) is 19.9. The second kappa shape index (κ2) is 10.6. The van der Waals surface area contributed by atoms with Crippen LogP contribution in [0.4, 0.5) is 15.2 Å². The fraction of sp³-hybridized carbons (Fsp3) is 0.500. The van der Waals surface area contributed by atoms with E-state index in [2.05, 4.69) is 19.8 Å². The smallest absolute Gasteiger partial charge is 0.191 e. The minimum Gasteiger partial charge on any atom is -0.393 e.